The van der Waals surface area contributed by atoms with Crippen molar-refractivity contribution in [1.82, 2.24) is 0 Å². The van der Waals surface area contributed by atoms with Crippen LogP contribution in [0.1, 0.15) is 12.5 Å². The number of para-hydroxylation sites is 1. The lowest BCUT2D eigenvalue weighted by Crippen LogP contribution is -2.12. The SMILES string of the molecule is C/C(=N\N(C)c1ccccc1)c1ccccc1. The zero-order valence-electron chi connectivity index (χ0n) is 10.2. The van der Waals surface area contributed by atoms with E-state index < -0.39 is 0 Å². The van der Waals surface area contributed by atoms with E-state index >= 15 is 0 Å². The quantitative estimate of drug-likeness (QED) is 0.575. The lowest BCUT2D eigenvalue weighted by Gasteiger charge is -2.14. The Balaban J connectivity index is 2.20. The molecule has 0 N–H and O–H groups in total. The Hall–Kier alpha value is -2.09. The number of benzene rings is 2. The molecule has 0 spiro atoms. The highest BCUT2D eigenvalue weighted by Crippen LogP contribution is 2.12. The fraction of sp³-hybridized carbons (Fsp3) is 0.133. The molecule has 2 rings (SSSR count). The van der Waals surface area contributed by atoms with Crippen LogP contribution < -0.4 is 5.01 Å². The second kappa shape index (κ2) is 5.30. The Labute approximate surface area is 102 Å². The van der Waals surface area contributed by atoms with Crippen molar-refractivity contribution in [2.75, 3.05) is 12.1 Å². The van der Waals surface area contributed by atoms with Gasteiger partial charge in [-0.1, -0.05) is 48.5 Å². The molecule has 0 amide bonds. The van der Waals surface area contributed by atoms with Crippen LogP contribution in [0.15, 0.2) is 65.8 Å². The van der Waals surface area contributed by atoms with E-state index in [2.05, 4.69) is 17.2 Å². The van der Waals surface area contributed by atoms with E-state index in [4.69, 9.17) is 0 Å². The third-order valence-corrected chi connectivity index (χ3v) is 2.62. The second-order valence-corrected chi connectivity index (χ2v) is 3.91. The van der Waals surface area contributed by atoms with Crippen molar-refractivity contribution in [1.29, 1.82) is 0 Å². The highest BCUT2D eigenvalue weighted by molar-refractivity contribution is 5.99. The van der Waals surface area contributed by atoms with Crippen molar-refractivity contribution in [3.8, 4) is 0 Å². The molecule has 0 atom stereocenters. The highest BCUT2D eigenvalue weighted by Gasteiger charge is 2.00. The molecule has 0 heterocycles. The molecule has 0 aromatic heterocycles. The minimum absolute atomic E-state index is 1.01. The first-order valence-electron chi connectivity index (χ1n) is 5.67. The van der Waals surface area contributed by atoms with Crippen LogP contribution in [0.2, 0.25) is 0 Å². The number of nitrogens with zero attached hydrogens (tertiary/aromatic N) is 2. The van der Waals surface area contributed by atoms with Gasteiger partial charge in [0.05, 0.1) is 11.4 Å². The molecule has 2 aromatic carbocycles. The van der Waals surface area contributed by atoms with Crippen LogP contribution in [0, 0.1) is 0 Å². The molecule has 0 aliphatic carbocycles. The summed E-state index contributed by atoms with van der Waals surface area (Å²) in [4.78, 5) is 0. The third kappa shape index (κ3) is 2.94. The molecule has 0 aliphatic rings. The summed E-state index contributed by atoms with van der Waals surface area (Å²) < 4.78 is 0. The molecule has 0 unspecified atom stereocenters. The molecule has 0 saturated carbocycles. The Bertz CT molecular complexity index is 489. The number of anilines is 1. The van der Waals surface area contributed by atoms with Gasteiger partial charge >= 0.3 is 0 Å². The van der Waals surface area contributed by atoms with Gasteiger partial charge in [0.2, 0.25) is 0 Å². The second-order valence-electron chi connectivity index (χ2n) is 3.91. The van der Waals surface area contributed by atoms with Crippen LogP contribution in [0.3, 0.4) is 0 Å². The topological polar surface area (TPSA) is 15.6 Å². The van der Waals surface area contributed by atoms with E-state index in [0.29, 0.717) is 0 Å². The fourth-order valence-corrected chi connectivity index (χ4v) is 1.66. The lowest BCUT2D eigenvalue weighted by molar-refractivity contribution is 1.01. The molecule has 86 valence electrons. The minimum atomic E-state index is 1.01. The van der Waals surface area contributed by atoms with Gasteiger partial charge in [0.15, 0.2) is 0 Å². The largest absolute Gasteiger partial charge is 0.268 e. The van der Waals surface area contributed by atoms with Crippen LogP contribution in [-0.2, 0) is 0 Å². The Kier molecular flexibility index (Phi) is 3.55. The molecular weight excluding hydrogens is 208 g/mol. The first kappa shape index (κ1) is 11.4. The summed E-state index contributed by atoms with van der Waals surface area (Å²) in [6, 6.07) is 20.3. The number of hydrogen-bond acceptors (Lipinski definition) is 2. The maximum atomic E-state index is 4.57. The van der Waals surface area contributed by atoms with Gasteiger partial charge in [0.25, 0.3) is 0 Å². The van der Waals surface area contributed by atoms with Gasteiger partial charge in [-0.3, -0.25) is 5.01 Å². The lowest BCUT2D eigenvalue weighted by atomic mass is 10.1. The number of rotatable bonds is 3. The molecule has 17 heavy (non-hydrogen) atoms. The van der Waals surface area contributed by atoms with Crippen LogP contribution >= 0.6 is 0 Å². The van der Waals surface area contributed by atoms with Crippen LogP contribution in [0.4, 0.5) is 5.69 Å². The van der Waals surface area contributed by atoms with Gasteiger partial charge in [0.1, 0.15) is 0 Å². The van der Waals surface area contributed by atoms with E-state index in [1.165, 1.54) is 0 Å². The van der Waals surface area contributed by atoms with Crippen LogP contribution in [-0.4, -0.2) is 12.8 Å². The number of hydrazone groups is 1. The summed E-state index contributed by atoms with van der Waals surface area (Å²) in [5, 5.41) is 6.46. The maximum absolute atomic E-state index is 4.57. The molecule has 2 nitrogen and oxygen atoms in total. The molecule has 0 bridgehead atoms. The minimum Gasteiger partial charge on any atom is -0.268 e. The maximum Gasteiger partial charge on any atom is 0.0650 e. The molecule has 0 aliphatic heterocycles. The third-order valence-electron chi connectivity index (χ3n) is 2.62. The highest BCUT2D eigenvalue weighted by atomic mass is 15.4. The van der Waals surface area contributed by atoms with Crippen molar-refractivity contribution >= 4 is 11.4 Å². The van der Waals surface area contributed by atoms with E-state index in [-0.39, 0.29) is 0 Å². The van der Waals surface area contributed by atoms with Crippen LogP contribution in [0.5, 0.6) is 0 Å². The average Bonchev–Trinajstić information content (AvgIpc) is 2.40. The van der Waals surface area contributed by atoms with Crippen molar-refractivity contribution in [3.05, 3.63) is 66.2 Å². The average molecular weight is 224 g/mol. The summed E-state index contributed by atoms with van der Waals surface area (Å²) in [7, 11) is 1.96. The van der Waals surface area contributed by atoms with Gasteiger partial charge in [-0.15, -0.1) is 0 Å². The monoisotopic (exact) mass is 224 g/mol. The smallest absolute Gasteiger partial charge is 0.0650 e. The zero-order chi connectivity index (χ0) is 12.1. The molecule has 2 heteroatoms. The molecule has 0 saturated heterocycles. The molecule has 0 radical (unpaired) electrons. The molecular formula is C15H16N2. The normalized spacial score (nSPS) is 11.3. The van der Waals surface area contributed by atoms with E-state index in [9.17, 15) is 0 Å². The summed E-state index contributed by atoms with van der Waals surface area (Å²) in [6.45, 7) is 2.02. The standard InChI is InChI=1S/C15H16N2/c1-13(14-9-5-3-6-10-14)16-17(2)15-11-7-4-8-12-15/h3-12H,1-2H3/b16-13+. The van der Waals surface area contributed by atoms with Gasteiger partial charge in [-0.05, 0) is 24.6 Å². The van der Waals surface area contributed by atoms with Crippen molar-refractivity contribution in [3.63, 3.8) is 0 Å². The van der Waals surface area contributed by atoms with Crippen molar-refractivity contribution in [2.45, 2.75) is 6.92 Å². The summed E-state index contributed by atoms with van der Waals surface area (Å²) in [5.74, 6) is 0. The Morgan fingerprint density at radius 1 is 0.882 bits per heavy atom. The Morgan fingerprint density at radius 3 is 2.00 bits per heavy atom. The van der Waals surface area contributed by atoms with Gasteiger partial charge in [-0.25, -0.2) is 0 Å². The predicted octanol–water partition coefficient (Wildman–Crippen LogP) is 3.55. The predicted molar refractivity (Wildman–Crippen MR) is 73.5 cm³/mol. The molecule has 2 aromatic rings. The van der Waals surface area contributed by atoms with Crippen LogP contribution in [0.25, 0.3) is 0 Å². The van der Waals surface area contributed by atoms with E-state index in [0.717, 1.165) is 17.0 Å². The van der Waals surface area contributed by atoms with Gasteiger partial charge in [0, 0.05) is 7.05 Å². The first-order valence-corrected chi connectivity index (χ1v) is 5.67. The van der Waals surface area contributed by atoms with Crippen molar-refractivity contribution in [2.24, 2.45) is 5.10 Å². The number of hydrogen-bond donors (Lipinski definition) is 0. The van der Waals surface area contributed by atoms with Crippen molar-refractivity contribution < 1.29 is 0 Å². The zero-order valence-corrected chi connectivity index (χ0v) is 10.2. The summed E-state index contributed by atoms with van der Waals surface area (Å²) in [5.41, 5.74) is 3.25. The Morgan fingerprint density at radius 2 is 1.41 bits per heavy atom. The summed E-state index contributed by atoms with van der Waals surface area (Å²) in [6.07, 6.45) is 0. The van der Waals surface area contributed by atoms with E-state index in [1.807, 2.05) is 67.5 Å². The molecule has 0 fully saturated rings. The summed E-state index contributed by atoms with van der Waals surface area (Å²) >= 11 is 0. The van der Waals surface area contributed by atoms with Gasteiger partial charge < -0.3 is 0 Å². The first-order chi connectivity index (χ1) is 8.27. The van der Waals surface area contributed by atoms with Gasteiger partial charge in [-0.2, -0.15) is 5.10 Å². The van der Waals surface area contributed by atoms with E-state index in [1.54, 1.807) is 0 Å². The fourth-order valence-electron chi connectivity index (χ4n) is 1.66.